The zero-order chi connectivity index (χ0) is 10.4. The van der Waals surface area contributed by atoms with Crippen LogP contribution >= 0.6 is 0 Å². The first-order chi connectivity index (χ1) is 5.99. The van der Waals surface area contributed by atoms with Gasteiger partial charge in [0.1, 0.15) is 6.04 Å². The molecule has 0 aliphatic rings. The molecule has 74 valence electrons. The predicted molar refractivity (Wildman–Crippen MR) is 49.1 cm³/mol. The van der Waals surface area contributed by atoms with Crippen LogP contribution in [0.5, 0.6) is 0 Å². The van der Waals surface area contributed by atoms with E-state index in [4.69, 9.17) is 4.74 Å². The number of hydrogen-bond donors (Lipinski definition) is 1. The number of nitrogens with one attached hydrogen (secondary N) is 1. The highest BCUT2D eigenvalue weighted by Gasteiger charge is 2.16. The maximum absolute atomic E-state index is 11.0. The average Bonchev–Trinajstić information content (AvgIpc) is 2.04. The number of ether oxygens (including phenoxy) is 1. The Morgan fingerprint density at radius 3 is 2.46 bits per heavy atom. The fourth-order valence-corrected chi connectivity index (χ4v) is 0.646. The zero-order valence-electron chi connectivity index (χ0n) is 8.22. The number of rotatable bonds is 4. The van der Waals surface area contributed by atoms with E-state index in [1.54, 1.807) is 20.8 Å². The molecule has 0 bridgehead atoms. The van der Waals surface area contributed by atoms with E-state index in [9.17, 15) is 9.59 Å². The largest absolute Gasteiger partial charge is 0.464 e. The van der Waals surface area contributed by atoms with E-state index >= 15 is 0 Å². The van der Waals surface area contributed by atoms with Crippen LogP contribution in [0.4, 0.5) is 0 Å². The first-order valence-corrected chi connectivity index (χ1v) is 4.12. The highest BCUT2D eigenvalue weighted by molar-refractivity contribution is 5.94. The van der Waals surface area contributed by atoms with E-state index in [0.717, 1.165) is 0 Å². The quantitative estimate of drug-likeness (QED) is 0.516. The first kappa shape index (κ1) is 11.7. The summed E-state index contributed by atoms with van der Waals surface area (Å²) in [6, 6.07) is -0.621. The van der Waals surface area contributed by atoms with Crippen LogP contribution in [-0.4, -0.2) is 24.5 Å². The summed E-state index contributed by atoms with van der Waals surface area (Å²) in [6.45, 7) is 8.62. The summed E-state index contributed by atoms with van der Waals surface area (Å²) in [5.74, 6) is -0.766. The van der Waals surface area contributed by atoms with Gasteiger partial charge in [-0.15, -0.1) is 0 Å². The Bertz CT molecular complexity index is 223. The molecule has 0 aliphatic carbocycles. The van der Waals surface area contributed by atoms with E-state index in [1.165, 1.54) is 0 Å². The van der Waals surface area contributed by atoms with Crippen molar-refractivity contribution in [3.63, 3.8) is 0 Å². The normalized spacial score (nSPS) is 11.6. The average molecular weight is 185 g/mol. The Kier molecular flexibility index (Phi) is 4.80. The molecule has 0 heterocycles. The molecule has 0 spiro atoms. The summed E-state index contributed by atoms with van der Waals surface area (Å²) >= 11 is 0. The summed E-state index contributed by atoms with van der Waals surface area (Å²) in [5, 5.41) is 2.45. The highest BCUT2D eigenvalue weighted by Crippen LogP contribution is 1.92. The standard InChI is InChI=1S/C9H15NO3/c1-5-13-9(12)7(4)10-8(11)6(2)3/h7H,2,5H2,1,3-4H3,(H,10,11). The molecule has 0 aromatic rings. The van der Waals surface area contributed by atoms with E-state index in [2.05, 4.69) is 11.9 Å². The van der Waals surface area contributed by atoms with Gasteiger partial charge in [0.25, 0.3) is 0 Å². The van der Waals surface area contributed by atoms with Crippen LogP contribution in [0.15, 0.2) is 12.2 Å². The van der Waals surface area contributed by atoms with Crippen LogP contribution in [-0.2, 0) is 14.3 Å². The molecular weight excluding hydrogens is 170 g/mol. The molecular formula is C9H15NO3. The number of amides is 1. The molecule has 0 saturated carbocycles. The summed E-state index contributed by atoms with van der Waals surface area (Å²) in [5.41, 5.74) is 0.371. The van der Waals surface area contributed by atoms with E-state index < -0.39 is 12.0 Å². The third kappa shape index (κ3) is 4.30. The summed E-state index contributed by atoms with van der Waals surface area (Å²) < 4.78 is 4.70. The molecule has 0 rings (SSSR count). The van der Waals surface area contributed by atoms with Gasteiger partial charge in [-0.2, -0.15) is 0 Å². The van der Waals surface area contributed by atoms with E-state index in [-0.39, 0.29) is 5.91 Å². The molecule has 0 aromatic carbocycles. The molecule has 13 heavy (non-hydrogen) atoms. The Hall–Kier alpha value is -1.32. The molecule has 1 unspecified atom stereocenters. The number of carbonyl (C=O) groups is 2. The molecule has 0 fully saturated rings. The van der Waals surface area contributed by atoms with Crippen molar-refractivity contribution < 1.29 is 14.3 Å². The second-order valence-electron chi connectivity index (χ2n) is 2.73. The SMILES string of the molecule is C=C(C)C(=O)NC(C)C(=O)OCC. The molecule has 4 heteroatoms. The van der Waals surface area contributed by atoms with Crippen molar-refractivity contribution in [2.75, 3.05) is 6.61 Å². The maximum Gasteiger partial charge on any atom is 0.328 e. The Labute approximate surface area is 78.0 Å². The van der Waals surface area contributed by atoms with Crippen molar-refractivity contribution >= 4 is 11.9 Å². The molecule has 0 aromatic heterocycles. The molecule has 0 aliphatic heterocycles. The van der Waals surface area contributed by atoms with Gasteiger partial charge < -0.3 is 10.1 Å². The van der Waals surface area contributed by atoms with Gasteiger partial charge >= 0.3 is 5.97 Å². The summed E-state index contributed by atoms with van der Waals surface area (Å²) in [4.78, 5) is 22.1. The lowest BCUT2D eigenvalue weighted by Gasteiger charge is -2.11. The van der Waals surface area contributed by atoms with Crippen molar-refractivity contribution in [3.8, 4) is 0 Å². The molecule has 0 radical (unpaired) electrons. The number of esters is 1. The highest BCUT2D eigenvalue weighted by atomic mass is 16.5. The van der Waals surface area contributed by atoms with Crippen molar-refractivity contribution in [1.29, 1.82) is 0 Å². The minimum absolute atomic E-state index is 0.312. The Morgan fingerprint density at radius 2 is 2.08 bits per heavy atom. The minimum atomic E-state index is -0.621. The van der Waals surface area contributed by atoms with Gasteiger partial charge in [0.05, 0.1) is 6.61 Å². The van der Waals surface area contributed by atoms with Gasteiger partial charge in [-0.25, -0.2) is 4.79 Å². The summed E-state index contributed by atoms with van der Waals surface area (Å²) in [7, 11) is 0. The molecule has 4 nitrogen and oxygen atoms in total. The minimum Gasteiger partial charge on any atom is -0.464 e. The van der Waals surface area contributed by atoms with E-state index in [1.807, 2.05) is 0 Å². The van der Waals surface area contributed by atoms with Gasteiger partial charge in [0.2, 0.25) is 5.91 Å². The lowest BCUT2D eigenvalue weighted by molar-refractivity contribution is -0.146. The third-order valence-corrected chi connectivity index (χ3v) is 1.38. The molecule has 1 amide bonds. The van der Waals surface area contributed by atoms with Crippen LogP contribution in [0.3, 0.4) is 0 Å². The Morgan fingerprint density at radius 1 is 1.54 bits per heavy atom. The van der Waals surface area contributed by atoms with Gasteiger partial charge in [0.15, 0.2) is 0 Å². The molecule has 1 N–H and O–H groups in total. The maximum atomic E-state index is 11.0. The summed E-state index contributed by atoms with van der Waals surface area (Å²) in [6.07, 6.45) is 0. The number of hydrogen-bond acceptors (Lipinski definition) is 3. The second kappa shape index (κ2) is 5.35. The van der Waals surface area contributed by atoms with Crippen LogP contribution in [0.25, 0.3) is 0 Å². The van der Waals surface area contributed by atoms with Crippen LogP contribution in [0, 0.1) is 0 Å². The van der Waals surface area contributed by atoms with Crippen molar-refractivity contribution in [1.82, 2.24) is 5.32 Å². The molecule has 0 saturated heterocycles. The smallest absolute Gasteiger partial charge is 0.328 e. The van der Waals surface area contributed by atoms with E-state index in [0.29, 0.717) is 12.2 Å². The lowest BCUT2D eigenvalue weighted by Crippen LogP contribution is -2.39. The van der Waals surface area contributed by atoms with Gasteiger partial charge in [-0.3, -0.25) is 4.79 Å². The second-order valence-corrected chi connectivity index (χ2v) is 2.73. The molecule has 1 atom stereocenters. The first-order valence-electron chi connectivity index (χ1n) is 4.12. The van der Waals surface area contributed by atoms with Gasteiger partial charge in [0, 0.05) is 5.57 Å². The predicted octanol–water partition coefficient (Wildman–Crippen LogP) is 0.630. The monoisotopic (exact) mass is 185 g/mol. The van der Waals surface area contributed by atoms with Crippen molar-refractivity contribution in [3.05, 3.63) is 12.2 Å². The van der Waals surface area contributed by atoms with Crippen LogP contribution in [0.1, 0.15) is 20.8 Å². The number of carbonyl (C=O) groups excluding carboxylic acids is 2. The van der Waals surface area contributed by atoms with Crippen molar-refractivity contribution in [2.45, 2.75) is 26.8 Å². The van der Waals surface area contributed by atoms with Gasteiger partial charge in [-0.05, 0) is 20.8 Å². The van der Waals surface area contributed by atoms with Crippen LogP contribution < -0.4 is 5.32 Å². The van der Waals surface area contributed by atoms with Crippen molar-refractivity contribution in [2.24, 2.45) is 0 Å². The third-order valence-electron chi connectivity index (χ3n) is 1.38. The fourth-order valence-electron chi connectivity index (χ4n) is 0.646. The van der Waals surface area contributed by atoms with Crippen LogP contribution in [0.2, 0.25) is 0 Å². The zero-order valence-corrected chi connectivity index (χ0v) is 8.22. The van der Waals surface area contributed by atoms with Gasteiger partial charge in [-0.1, -0.05) is 6.58 Å². The lowest BCUT2D eigenvalue weighted by atomic mass is 10.3. The topological polar surface area (TPSA) is 55.4 Å². The fraction of sp³-hybridized carbons (Fsp3) is 0.556. The Balaban J connectivity index is 3.99.